The van der Waals surface area contributed by atoms with Crippen LogP contribution in [0, 0.1) is 0 Å². The number of nitrogens with zero attached hydrogens (tertiary/aromatic N) is 4. The molecule has 2 aromatic rings. The van der Waals surface area contributed by atoms with Crippen LogP contribution in [0.3, 0.4) is 0 Å². The molecule has 2 fully saturated rings. The Labute approximate surface area is 148 Å². The molecule has 0 aliphatic carbocycles. The van der Waals surface area contributed by atoms with Gasteiger partial charge in [-0.15, -0.1) is 0 Å². The highest BCUT2D eigenvalue weighted by atomic mass is 16.5. The number of aromatic nitrogens is 2. The molecule has 1 aromatic carbocycles. The highest BCUT2D eigenvalue weighted by Gasteiger charge is 2.14. The standard InChI is InChI=1S/C19H25N5O/c1-3-17(4-2-16(1)15-23-7-5-20-6-8-23)18-13-21-19(22-14-18)24-9-11-25-12-10-24/h1-4,13-14,20H,5-12,15H2. The van der Waals surface area contributed by atoms with Gasteiger partial charge in [-0.1, -0.05) is 24.3 Å². The van der Waals surface area contributed by atoms with Gasteiger partial charge in [0.1, 0.15) is 0 Å². The van der Waals surface area contributed by atoms with Crippen molar-refractivity contribution in [3.63, 3.8) is 0 Å². The molecule has 25 heavy (non-hydrogen) atoms. The van der Waals surface area contributed by atoms with Crippen molar-refractivity contribution in [2.75, 3.05) is 57.4 Å². The number of rotatable bonds is 4. The van der Waals surface area contributed by atoms with E-state index in [1.54, 1.807) is 0 Å². The number of hydrogen-bond acceptors (Lipinski definition) is 6. The van der Waals surface area contributed by atoms with Crippen LogP contribution in [-0.2, 0) is 11.3 Å². The third-order valence-electron chi connectivity index (χ3n) is 4.84. The lowest BCUT2D eigenvalue weighted by molar-refractivity contribution is 0.122. The van der Waals surface area contributed by atoms with Crippen LogP contribution in [0.25, 0.3) is 11.1 Å². The molecule has 4 rings (SSSR count). The van der Waals surface area contributed by atoms with Gasteiger partial charge in [0, 0.05) is 63.8 Å². The maximum Gasteiger partial charge on any atom is 0.225 e. The van der Waals surface area contributed by atoms with Crippen LogP contribution >= 0.6 is 0 Å². The van der Waals surface area contributed by atoms with Crippen LogP contribution in [0.4, 0.5) is 5.95 Å². The molecule has 0 saturated carbocycles. The van der Waals surface area contributed by atoms with E-state index < -0.39 is 0 Å². The minimum Gasteiger partial charge on any atom is -0.378 e. The minimum absolute atomic E-state index is 0.750. The fraction of sp³-hybridized carbons (Fsp3) is 0.474. The highest BCUT2D eigenvalue weighted by molar-refractivity contribution is 5.62. The van der Waals surface area contributed by atoms with E-state index in [2.05, 4.69) is 49.4 Å². The van der Waals surface area contributed by atoms with E-state index in [1.807, 2.05) is 12.4 Å². The number of ether oxygens (including phenoxy) is 1. The predicted molar refractivity (Wildman–Crippen MR) is 98.6 cm³/mol. The van der Waals surface area contributed by atoms with Gasteiger partial charge in [0.15, 0.2) is 0 Å². The van der Waals surface area contributed by atoms with E-state index in [4.69, 9.17) is 4.74 Å². The first-order valence-corrected chi connectivity index (χ1v) is 9.06. The molecular formula is C19H25N5O. The normalized spacial score (nSPS) is 19.1. The summed E-state index contributed by atoms with van der Waals surface area (Å²) in [5, 5.41) is 3.39. The number of nitrogens with one attached hydrogen (secondary N) is 1. The van der Waals surface area contributed by atoms with Crippen molar-refractivity contribution in [1.82, 2.24) is 20.2 Å². The molecule has 3 heterocycles. The van der Waals surface area contributed by atoms with Crippen LogP contribution in [-0.4, -0.2) is 67.4 Å². The number of piperazine rings is 1. The van der Waals surface area contributed by atoms with Crippen molar-refractivity contribution in [1.29, 1.82) is 0 Å². The fourth-order valence-electron chi connectivity index (χ4n) is 3.33. The summed E-state index contributed by atoms with van der Waals surface area (Å²) in [6.45, 7) is 8.67. The van der Waals surface area contributed by atoms with Gasteiger partial charge in [-0.2, -0.15) is 0 Å². The lowest BCUT2D eigenvalue weighted by Crippen LogP contribution is -2.42. The van der Waals surface area contributed by atoms with E-state index in [-0.39, 0.29) is 0 Å². The maximum absolute atomic E-state index is 5.38. The van der Waals surface area contributed by atoms with E-state index in [9.17, 15) is 0 Å². The third-order valence-corrected chi connectivity index (χ3v) is 4.84. The average Bonchev–Trinajstić information content (AvgIpc) is 2.70. The summed E-state index contributed by atoms with van der Waals surface area (Å²) < 4.78 is 5.38. The summed E-state index contributed by atoms with van der Waals surface area (Å²) in [5.41, 5.74) is 3.58. The Morgan fingerprint density at radius 2 is 1.56 bits per heavy atom. The van der Waals surface area contributed by atoms with Crippen LogP contribution in [0.5, 0.6) is 0 Å². The molecule has 0 amide bonds. The minimum atomic E-state index is 0.750. The Morgan fingerprint density at radius 1 is 0.880 bits per heavy atom. The van der Waals surface area contributed by atoms with Gasteiger partial charge in [0.2, 0.25) is 5.95 Å². The molecule has 0 unspecified atom stereocenters. The summed E-state index contributed by atoms with van der Waals surface area (Å²) >= 11 is 0. The molecule has 2 aliphatic heterocycles. The second-order valence-electron chi connectivity index (χ2n) is 6.59. The molecule has 132 valence electrons. The molecule has 6 nitrogen and oxygen atoms in total. The third kappa shape index (κ3) is 4.15. The van der Waals surface area contributed by atoms with Gasteiger partial charge < -0.3 is 15.0 Å². The molecule has 0 spiro atoms. The van der Waals surface area contributed by atoms with E-state index >= 15 is 0 Å². The molecule has 0 radical (unpaired) electrons. The summed E-state index contributed by atoms with van der Waals surface area (Å²) in [6, 6.07) is 8.77. The zero-order valence-corrected chi connectivity index (χ0v) is 14.5. The fourth-order valence-corrected chi connectivity index (χ4v) is 3.33. The molecule has 2 aliphatic rings. The van der Waals surface area contributed by atoms with Gasteiger partial charge >= 0.3 is 0 Å². The Kier molecular flexibility index (Phi) is 5.20. The number of morpholine rings is 1. The molecule has 0 bridgehead atoms. The summed E-state index contributed by atoms with van der Waals surface area (Å²) in [5.74, 6) is 0.794. The average molecular weight is 339 g/mol. The first-order chi connectivity index (χ1) is 12.4. The SMILES string of the molecule is c1cc(-c2cnc(N3CCOCC3)nc2)ccc1CN1CCNCC1. The number of anilines is 1. The first-order valence-electron chi connectivity index (χ1n) is 9.06. The molecule has 1 N–H and O–H groups in total. The number of hydrogen-bond donors (Lipinski definition) is 1. The monoisotopic (exact) mass is 339 g/mol. The molecule has 6 heteroatoms. The van der Waals surface area contributed by atoms with Crippen molar-refractivity contribution in [2.24, 2.45) is 0 Å². The second-order valence-corrected chi connectivity index (χ2v) is 6.59. The van der Waals surface area contributed by atoms with E-state index in [1.165, 1.54) is 5.56 Å². The van der Waals surface area contributed by atoms with Gasteiger partial charge in [-0.25, -0.2) is 9.97 Å². The zero-order chi connectivity index (χ0) is 16.9. The van der Waals surface area contributed by atoms with Crippen molar-refractivity contribution in [3.8, 4) is 11.1 Å². The first kappa shape index (κ1) is 16.4. The lowest BCUT2D eigenvalue weighted by atomic mass is 10.1. The molecule has 0 atom stereocenters. The van der Waals surface area contributed by atoms with Crippen LogP contribution in [0.15, 0.2) is 36.7 Å². The second kappa shape index (κ2) is 7.91. The van der Waals surface area contributed by atoms with E-state index in [0.29, 0.717) is 0 Å². The zero-order valence-electron chi connectivity index (χ0n) is 14.5. The molecule has 1 aromatic heterocycles. The van der Waals surface area contributed by atoms with Gasteiger partial charge in [-0.3, -0.25) is 4.90 Å². The largest absolute Gasteiger partial charge is 0.378 e. The predicted octanol–water partition coefficient (Wildman–Crippen LogP) is 1.39. The lowest BCUT2D eigenvalue weighted by Gasteiger charge is -2.27. The van der Waals surface area contributed by atoms with Crippen LogP contribution in [0.2, 0.25) is 0 Å². The van der Waals surface area contributed by atoms with E-state index in [0.717, 1.165) is 76.1 Å². The maximum atomic E-state index is 5.38. The van der Waals surface area contributed by atoms with Crippen LogP contribution < -0.4 is 10.2 Å². The Hall–Kier alpha value is -2.02. The van der Waals surface area contributed by atoms with Crippen molar-refractivity contribution >= 4 is 5.95 Å². The van der Waals surface area contributed by atoms with Crippen molar-refractivity contribution in [3.05, 3.63) is 42.2 Å². The van der Waals surface area contributed by atoms with Gasteiger partial charge in [0.05, 0.1) is 13.2 Å². The topological polar surface area (TPSA) is 53.5 Å². The highest BCUT2D eigenvalue weighted by Crippen LogP contribution is 2.20. The van der Waals surface area contributed by atoms with Crippen LogP contribution in [0.1, 0.15) is 5.56 Å². The van der Waals surface area contributed by atoms with Crippen molar-refractivity contribution < 1.29 is 4.74 Å². The quantitative estimate of drug-likeness (QED) is 0.908. The Bertz CT molecular complexity index is 661. The Balaban J connectivity index is 1.40. The Morgan fingerprint density at radius 3 is 2.24 bits per heavy atom. The molecule has 2 saturated heterocycles. The summed E-state index contributed by atoms with van der Waals surface area (Å²) in [7, 11) is 0. The summed E-state index contributed by atoms with van der Waals surface area (Å²) in [4.78, 5) is 13.7. The van der Waals surface area contributed by atoms with Gasteiger partial charge in [-0.05, 0) is 11.1 Å². The van der Waals surface area contributed by atoms with Gasteiger partial charge in [0.25, 0.3) is 0 Å². The van der Waals surface area contributed by atoms with Crippen molar-refractivity contribution in [2.45, 2.75) is 6.54 Å². The summed E-state index contributed by atoms with van der Waals surface area (Å²) in [6.07, 6.45) is 3.84. The molecular weight excluding hydrogens is 314 g/mol. The number of benzene rings is 1. The smallest absolute Gasteiger partial charge is 0.225 e.